The van der Waals surface area contributed by atoms with Gasteiger partial charge in [-0.3, -0.25) is 9.36 Å². The number of aromatic nitrogens is 4. The third kappa shape index (κ3) is 3.19. The lowest BCUT2D eigenvalue weighted by Gasteiger charge is -2.16. The summed E-state index contributed by atoms with van der Waals surface area (Å²) >= 11 is 0. The lowest BCUT2D eigenvalue weighted by Crippen LogP contribution is -2.41. The molecule has 0 atom stereocenters. The highest BCUT2D eigenvalue weighted by atomic mass is 19.4. The molecule has 6 nitrogen and oxygen atoms in total. The molecule has 0 aliphatic rings. The zero-order chi connectivity index (χ0) is 22.7. The zero-order valence-electron chi connectivity index (χ0n) is 16.2. The van der Waals surface area contributed by atoms with Crippen LogP contribution in [0.4, 0.5) is 26.3 Å². The highest BCUT2D eigenvalue weighted by Crippen LogP contribution is 2.31. The normalized spacial score (nSPS) is 12.4. The third-order valence-corrected chi connectivity index (χ3v) is 4.56. The number of hydrogen-bond acceptors (Lipinski definition) is 3. The van der Waals surface area contributed by atoms with E-state index < -0.39 is 57.3 Å². The van der Waals surface area contributed by atoms with E-state index in [0.717, 1.165) is 0 Å². The largest absolute Gasteiger partial charge is 0.431 e. The lowest BCUT2D eigenvalue weighted by molar-refractivity contribution is -0.144. The molecule has 0 spiro atoms. The number of hydrogen-bond donors (Lipinski definition) is 0. The van der Waals surface area contributed by atoms with Gasteiger partial charge < -0.3 is 4.57 Å². The third-order valence-electron chi connectivity index (χ3n) is 4.56. The summed E-state index contributed by atoms with van der Waals surface area (Å²) in [5.74, 6) is -4.92. The van der Waals surface area contributed by atoms with E-state index in [1.54, 1.807) is 13.8 Å². The molecule has 2 heterocycles. The topological polar surface area (TPSA) is 61.8 Å². The quantitative estimate of drug-likeness (QED) is 0.470. The van der Waals surface area contributed by atoms with Gasteiger partial charge in [-0.15, -0.1) is 0 Å². The van der Waals surface area contributed by atoms with Crippen LogP contribution in [-0.4, -0.2) is 18.7 Å². The number of aryl methyl sites for hydroxylation is 1. The molecule has 0 aliphatic carbocycles. The van der Waals surface area contributed by atoms with E-state index >= 15 is 4.39 Å². The molecule has 3 aromatic rings. The summed E-state index contributed by atoms with van der Waals surface area (Å²) in [5, 5.41) is 0. The van der Waals surface area contributed by atoms with Gasteiger partial charge in [0.15, 0.2) is 17.5 Å². The fraction of sp³-hybridized carbons (Fsp3) is 0.389. The first-order valence-corrected chi connectivity index (χ1v) is 8.71. The minimum Gasteiger partial charge on any atom is -0.325 e. The van der Waals surface area contributed by atoms with Gasteiger partial charge in [0, 0.05) is 19.7 Å². The molecule has 1 aromatic carbocycles. The smallest absolute Gasteiger partial charge is 0.325 e. The molecule has 0 saturated carbocycles. The van der Waals surface area contributed by atoms with E-state index in [1.165, 1.54) is 11.5 Å². The van der Waals surface area contributed by atoms with Crippen molar-refractivity contribution in [2.24, 2.45) is 13.0 Å². The average Bonchev–Trinajstić information content (AvgIpc) is 2.94. The molecule has 12 heteroatoms. The van der Waals surface area contributed by atoms with Crippen LogP contribution >= 0.6 is 0 Å². The van der Waals surface area contributed by atoms with E-state index in [9.17, 15) is 31.5 Å². The Kier molecular flexibility index (Phi) is 5.07. The minimum absolute atomic E-state index is 0.0129. The fourth-order valence-electron chi connectivity index (χ4n) is 3.24. The predicted octanol–water partition coefficient (Wildman–Crippen LogP) is 3.29. The molecule has 0 saturated heterocycles. The number of alkyl halides is 3. The highest BCUT2D eigenvalue weighted by Gasteiger charge is 2.36. The Morgan fingerprint density at radius 2 is 1.67 bits per heavy atom. The molecule has 0 amide bonds. The molecule has 2 aromatic heterocycles. The SMILES string of the molecule is Cc1nc2c(F)c(F)c(-n3c(=O)cc(C(F)(F)F)n(C)c3=O)c(F)c2n1CC(C)C. The van der Waals surface area contributed by atoms with Gasteiger partial charge in [0.05, 0.1) is 0 Å². The summed E-state index contributed by atoms with van der Waals surface area (Å²) in [6.45, 7) is 5.14. The number of fused-ring (bicyclic) bond motifs is 1. The van der Waals surface area contributed by atoms with Crippen LogP contribution in [0.15, 0.2) is 15.7 Å². The van der Waals surface area contributed by atoms with Crippen LogP contribution in [-0.2, 0) is 19.8 Å². The highest BCUT2D eigenvalue weighted by molar-refractivity contribution is 5.80. The molecular formula is C18H16F6N4O2. The van der Waals surface area contributed by atoms with Gasteiger partial charge >= 0.3 is 11.9 Å². The van der Waals surface area contributed by atoms with Crippen molar-refractivity contribution in [3.63, 3.8) is 0 Å². The maximum absolute atomic E-state index is 15.3. The molecule has 0 fully saturated rings. The van der Waals surface area contributed by atoms with Crippen molar-refractivity contribution >= 4 is 11.0 Å². The molecule has 3 rings (SSSR count). The molecule has 0 aliphatic heterocycles. The number of benzene rings is 1. The summed E-state index contributed by atoms with van der Waals surface area (Å²) in [6.07, 6.45) is -5.06. The van der Waals surface area contributed by atoms with Gasteiger partial charge in [0.1, 0.15) is 28.2 Å². The van der Waals surface area contributed by atoms with E-state index in [1.807, 2.05) is 0 Å². The van der Waals surface area contributed by atoms with Gasteiger partial charge in [-0.05, 0) is 12.8 Å². The van der Waals surface area contributed by atoms with Gasteiger partial charge in [-0.25, -0.2) is 27.5 Å². The number of rotatable bonds is 3. The summed E-state index contributed by atoms with van der Waals surface area (Å²) in [7, 11) is 0.680. The van der Waals surface area contributed by atoms with Gasteiger partial charge in [-0.1, -0.05) is 13.8 Å². The van der Waals surface area contributed by atoms with Crippen molar-refractivity contribution in [2.75, 3.05) is 0 Å². The van der Waals surface area contributed by atoms with E-state index in [2.05, 4.69) is 4.98 Å². The van der Waals surface area contributed by atoms with Crippen molar-refractivity contribution in [1.82, 2.24) is 18.7 Å². The van der Waals surface area contributed by atoms with Gasteiger partial charge in [0.25, 0.3) is 5.56 Å². The van der Waals surface area contributed by atoms with Crippen molar-refractivity contribution in [1.29, 1.82) is 0 Å². The number of imidazole rings is 1. The van der Waals surface area contributed by atoms with E-state index in [0.29, 0.717) is 7.05 Å². The summed E-state index contributed by atoms with van der Waals surface area (Å²) in [4.78, 5) is 28.5. The molecule has 30 heavy (non-hydrogen) atoms. The second-order valence-corrected chi connectivity index (χ2v) is 7.19. The van der Waals surface area contributed by atoms with Crippen LogP contribution in [0.2, 0.25) is 0 Å². The van der Waals surface area contributed by atoms with Crippen LogP contribution in [0, 0.1) is 30.3 Å². The van der Waals surface area contributed by atoms with Crippen LogP contribution in [0.5, 0.6) is 0 Å². The Morgan fingerprint density at radius 3 is 2.20 bits per heavy atom. The van der Waals surface area contributed by atoms with E-state index in [-0.39, 0.29) is 33.5 Å². The Hall–Kier alpha value is -3.05. The van der Waals surface area contributed by atoms with Crippen LogP contribution in [0.1, 0.15) is 25.4 Å². The fourth-order valence-corrected chi connectivity index (χ4v) is 3.24. The van der Waals surface area contributed by atoms with Crippen molar-refractivity contribution in [2.45, 2.75) is 33.5 Å². The van der Waals surface area contributed by atoms with Gasteiger partial charge in [-0.2, -0.15) is 13.2 Å². The molecule has 162 valence electrons. The first-order chi connectivity index (χ1) is 13.8. The first-order valence-electron chi connectivity index (χ1n) is 8.71. The molecule has 0 radical (unpaired) electrons. The Morgan fingerprint density at radius 1 is 1.07 bits per heavy atom. The second-order valence-electron chi connectivity index (χ2n) is 7.19. The minimum atomic E-state index is -5.06. The lowest BCUT2D eigenvalue weighted by atomic mass is 10.2. The van der Waals surface area contributed by atoms with Crippen LogP contribution in [0.25, 0.3) is 16.7 Å². The molecule has 0 N–H and O–H groups in total. The Bertz CT molecular complexity index is 1280. The monoisotopic (exact) mass is 434 g/mol. The Labute approximate surface area is 165 Å². The van der Waals surface area contributed by atoms with Crippen LogP contribution < -0.4 is 11.2 Å². The van der Waals surface area contributed by atoms with Crippen molar-refractivity contribution < 1.29 is 26.3 Å². The summed E-state index contributed by atoms with van der Waals surface area (Å²) in [5.41, 5.74) is -7.50. The average molecular weight is 434 g/mol. The Balaban J connectivity index is 2.48. The van der Waals surface area contributed by atoms with Crippen molar-refractivity contribution in [3.05, 3.63) is 55.9 Å². The van der Waals surface area contributed by atoms with E-state index in [4.69, 9.17) is 0 Å². The first kappa shape index (κ1) is 21.7. The summed E-state index contributed by atoms with van der Waals surface area (Å²) < 4.78 is 84.9. The molecular weight excluding hydrogens is 418 g/mol. The predicted molar refractivity (Wildman–Crippen MR) is 95.0 cm³/mol. The zero-order valence-corrected chi connectivity index (χ0v) is 16.2. The van der Waals surface area contributed by atoms with Crippen LogP contribution in [0.3, 0.4) is 0 Å². The maximum atomic E-state index is 15.3. The summed E-state index contributed by atoms with van der Waals surface area (Å²) in [6, 6.07) is 0.0129. The van der Waals surface area contributed by atoms with Crippen molar-refractivity contribution in [3.8, 4) is 5.69 Å². The number of halogens is 6. The van der Waals surface area contributed by atoms with Gasteiger partial charge in [0.2, 0.25) is 0 Å². The second kappa shape index (κ2) is 7.03. The maximum Gasteiger partial charge on any atom is 0.431 e. The standard InChI is InChI=1S/C18H16F6N4O2/c1-7(2)6-27-8(3)25-14-11(19)12(20)15(13(21)16(14)27)28-10(29)5-9(18(22,23)24)26(4)17(28)30/h5,7H,6H2,1-4H3. The molecule has 0 bridgehead atoms. The molecule has 0 unspecified atom stereocenters. The number of nitrogens with zero attached hydrogens (tertiary/aromatic N) is 4.